The lowest BCUT2D eigenvalue weighted by Gasteiger charge is -2.28. The Morgan fingerprint density at radius 3 is 2.61 bits per heavy atom. The summed E-state index contributed by atoms with van der Waals surface area (Å²) in [5.41, 5.74) is 3.12. The molecule has 0 atom stereocenters. The molecule has 0 saturated carbocycles. The average molecular weight is 374 g/mol. The molecule has 1 fully saturated rings. The van der Waals surface area contributed by atoms with Crippen LogP contribution in [0.15, 0.2) is 47.2 Å². The van der Waals surface area contributed by atoms with Crippen molar-refractivity contribution in [1.82, 2.24) is 14.6 Å². The van der Waals surface area contributed by atoms with Crippen LogP contribution < -0.4 is 10.2 Å². The minimum absolute atomic E-state index is 0.563. The molecule has 2 aromatic heterocycles. The Hall–Kier alpha value is -2.12. The van der Waals surface area contributed by atoms with Crippen LogP contribution in [0.25, 0.3) is 5.52 Å². The number of hydrogen-bond donors (Lipinski definition) is 1. The van der Waals surface area contributed by atoms with E-state index in [1.54, 1.807) is 10.7 Å². The number of hydrogen-bond acceptors (Lipinski definition) is 5. The molecule has 118 valence electrons. The molecule has 7 heteroatoms. The summed E-state index contributed by atoms with van der Waals surface area (Å²) in [7, 11) is 0. The highest BCUT2D eigenvalue weighted by Crippen LogP contribution is 2.21. The van der Waals surface area contributed by atoms with E-state index in [-0.39, 0.29) is 0 Å². The van der Waals surface area contributed by atoms with Gasteiger partial charge in [0.25, 0.3) is 0 Å². The van der Waals surface area contributed by atoms with Crippen LogP contribution in [0.4, 0.5) is 17.3 Å². The highest BCUT2D eigenvalue weighted by molar-refractivity contribution is 9.10. The fraction of sp³-hybridized carbons (Fsp3) is 0.250. The minimum Gasteiger partial charge on any atom is -0.378 e. The van der Waals surface area contributed by atoms with Crippen LogP contribution in [0.2, 0.25) is 0 Å². The van der Waals surface area contributed by atoms with Crippen molar-refractivity contribution in [1.29, 1.82) is 0 Å². The number of aromatic nitrogens is 3. The van der Waals surface area contributed by atoms with Crippen LogP contribution in [0.5, 0.6) is 0 Å². The maximum Gasteiger partial charge on any atom is 0.245 e. The van der Waals surface area contributed by atoms with E-state index in [0.717, 1.165) is 42.1 Å². The lowest BCUT2D eigenvalue weighted by atomic mass is 10.2. The van der Waals surface area contributed by atoms with Gasteiger partial charge in [0.05, 0.1) is 24.9 Å². The van der Waals surface area contributed by atoms with Gasteiger partial charge in [-0.05, 0) is 52.3 Å². The summed E-state index contributed by atoms with van der Waals surface area (Å²) in [6, 6.07) is 12.2. The van der Waals surface area contributed by atoms with Gasteiger partial charge in [-0.2, -0.15) is 0 Å². The molecule has 4 rings (SSSR count). The van der Waals surface area contributed by atoms with Crippen molar-refractivity contribution >= 4 is 38.8 Å². The van der Waals surface area contributed by atoms with Gasteiger partial charge in [0.2, 0.25) is 5.95 Å². The van der Waals surface area contributed by atoms with Gasteiger partial charge in [-0.25, -0.2) is 9.50 Å². The standard InChI is InChI=1S/C16H16BrN5O/c17-15-6-5-14-11-18-16(20-22(14)15)19-12-1-3-13(4-2-12)21-7-9-23-10-8-21/h1-6,11H,7-10H2,(H,19,20). The first-order chi connectivity index (χ1) is 11.3. The Kier molecular flexibility index (Phi) is 3.88. The average Bonchev–Trinajstić information content (AvgIpc) is 2.97. The number of rotatable bonds is 3. The van der Waals surface area contributed by atoms with Crippen molar-refractivity contribution in [2.45, 2.75) is 0 Å². The molecule has 0 aliphatic carbocycles. The first-order valence-corrected chi connectivity index (χ1v) is 8.29. The van der Waals surface area contributed by atoms with E-state index in [4.69, 9.17) is 4.74 Å². The molecule has 23 heavy (non-hydrogen) atoms. The summed E-state index contributed by atoms with van der Waals surface area (Å²) >= 11 is 3.47. The molecule has 3 heterocycles. The number of morpholine rings is 1. The van der Waals surface area contributed by atoms with Crippen LogP contribution in [-0.4, -0.2) is 40.9 Å². The van der Waals surface area contributed by atoms with Gasteiger partial charge in [-0.3, -0.25) is 0 Å². The molecule has 0 bridgehead atoms. The predicted octanol–water partition coefficient (Wildman–Crippen LogP) is 3.07. The van der Waals surface area contributed by atoms with Gasteiger partial charge in [-0.1, -0.05) is 0 Å². The summed E-state index contributed by atoms with van der Waals surface area (Å²) < 4.78 is 8.09. The second-order valence-electron chi connectivity index (χ2n) is 5.35. The monoisotopic (exact) mass is 373 g/mol. The van der Waals surface area contributed by atoms with E-state index < -0.39 is 0 Å². The van der Waals surface area contributed by atoms with E-state index >= 15 is 0 Å². The van der Waals surface area contributed by atoms with Crippen LogP contribution >= 0.6 is 15.9 Å². The number of fused-ring (bicyclic) bond motifs is 1. The van der Waals surface area contributed by atoms with Crippen LogP contribution in [0, 0.1) is 0 Å². The zero-order valence-corrected chi connectivity index (χ0v) is 14.0. The Bertz CT molecular complexity index is 811. The summed E-state index contributed by atoms with van der Waals surface area (Å²) in [5.74, 6) is 0.563. The number of nitrogens with zero attached hydrogens (tertiary/aromatic N) is 4. The zero-order chi connectivity index (χ0) is 15.6. The van der Waals surface area contributed by atoms with Gasteiger partial charge in [-0.15, -0.1) is 5.10 Å². The second-order valence-corrected chi connectivity index (χ2v) is 6.16. The molecule has 1 aliphatic rings. The normalized spacial score (nSPS) is 15.1. The quantitative estimate of drug-likeness (QED) is 0.764. The third kappa shape index (κ3) is 3.02. The van der Waals surface area contributed by atoms with Crippen LogP contribution in [-0.2, 0) is 4.74 Å². The summed E-state index contributed by atoms with van der Waals surface area (Å²) in [4.78, 5) is 6.66. The molecular formula is C16H16BrN5O. The summed E-state index contributed by atoms with van der Waals surface area (Å²) in [5, 5.41) is 7.70. The lowest BCUT2D eigenvalue weighted by Crippen LogP contribution is -2.36. The molecular weight excluding hydrogens is 358 g/mol. The van der Waals surface area contributed by atoms with Crippen molar-refractivity contribution in [2.75, 3.05) is 36.5 Å². The van der Waals surface area contributed by atoms with Crippen molar-refractivity contribution < 1.29 is 4.74 Å². The number of ether oxygens (including phenoxy) is 1. The van der Waals surface area contributed by atoms with E-state index in [0.29, 0.717) is 5.95 Å². The van der Waals surface area contributed by atoms with Crippen LogP contribution in [0.3, 0.4) is 0 Å². The van der Waals surface area contributed by atoms with Gasteiger partial charge >= 0.3 is 0 Å². The second kappa shape index (κ2) is 6.17. The molecule has 0 radical (unpaired) electrons. The largest absolute Gasteiger partial charge is 0.378 e. The van der Waals surface area contributed by atoms with Crippen LogP contribution in [0.1, 0.15) is 0 Å². The van der Waals surface area contributed by atoms with E-state index in [2.05, 4.69) is 48.4 Å². The molecule has 0 amide bonds. The highest BCUT2D eigenvalue weighted by Gasteiger charge is 2.11. The zero-order valence-electron chi connectivity index (χ0n) is 12.4. The van der Waals surface area contributed by atoms with Gasteiger partial charge in [0.15, 0.2) is 0 Å². The van der Waals surface area contributed by atoms with Crippen molar-refractivity contribution in [3.63, 3.8) is 0 Å². The fourth-order valence-electron chi connectivity index (χ4n) is 2.63. The van der Waals surface area contributed by atoms with E-state index in [1.807, 2.05) is 24.3 Å². The first-order valence-electron chi connectivity index (χ1n) is 7.50. The number of halogens is 1. The molecule has 1 N–H and O–H groups in total. The highest BCUT2D eigenvalue weighted by atomic mass is 79.9. The van der Waals surface area contributed by atoms with E-state index in [1.165, 1.54) is 5.69 Å². The van der Waals surface area contributed by atoms with E-state index in [9.17, 15) is 0 Å². The van der Waals surface area contributed by atoms with Gasteiger partial charge in [0, 0.05) is 24.5 Å². The Labute approximate surface area is 142 Å². The third-order valence-electron chi connectivity index (χ3n) is 3.85. The molecule has 1 aliphatic heterocycles. The molecule has 0 unspecified atom stereocenters. The Morgan fingerprint density at radius 2 is 1.83 bits per heavy atom. The molecule has 6 nitrogen and oxygen atoms in total. The van der Waals surface area contributed by atoms with Crippen molar-refractivity contribution in [3.8, 4) is 0 Å². The number of nitrogens with one attached hydrogen (secondary N) is 1. The van der Waals surface area contributed by atoms with Gasteiger partial charge in [0.1, 0.15) is 4.60 Å². The maximum absolute atomic E-state index is 5.39. The van der Waals surface area contributed by atoms with Crippen molar-refractivity contribution in [2.24, 2.45) is 0 Å². The SMILES string of the molecule is Brc1ccc2cnc(Nc3ccc(N4CCOCC4)cc3)nn12. The Balaban J connectivity index is 1.52. The molecule has 0 spiro atoms. The summed E-state index contributed by atoms with van der Waals surface area (Å²) in [6.45, 7) is 3.46. The number of anilines is 3. The van der Waals surface area contributed by atoms with Gasteiger partial charge < -0.3 is 15.0 Å². The predicted molar refractivity (Wildman–Crippen MR) is 93.4 cm³/mol. The topological polar surface area (TPSA) is 54.7 Å². The minimum atomic E-state index is 0.563. The van der Waals surface area contributed by atoms with Crippen molar-refractivity contribution in [3.05, 3.63) is 47.2 Å². The Morgan fingerprint density at radius 1 is 1.04 bits per heavy atom. The smallest absolute Gasteiger partial charge is 0.245 e. The number of benzene rings is 1. The molecule has 1 aromatic carbocycles. The molecule has 3 aromatic rings. The fourth-order valence-corrected chi connectivity index (χ4v) is 3.05. The first kappa shape index (κ1) is 14.5. The maximum atomic E-state index is 5.39. The summed E-state index contributed by atoms with van der Waals surface area (Å²) in [6.07, 6.45) is 1.79. The third-order valence-corrected chi connectivity index (χ3v) is 4.45. The lowest BCUT2D eigenvalue weighted by molar-refractivity contribution is 0.122. The molecule has 1 saturated heterocycles.